The van der Waals surface area contributed by atoms with Gasteiger partial charge in [-0.25, -0.2) is 4.98 Å². The average molecular weight is 348 g/mol. The normalized spacial score (nSPS) is 15.5. The lowest BCUT2D eigenvalue weighted by atomic mass is 10.2. The first-order valence-electron chi connectivity index (χ1n) is 8.08. The second-order valence-electron chi connectivity index (χ2n) is 5.97. The number of anilines is 1. The highest BCUT2D eigenvalue weighted by Crippen LogP contribution is 2.15. The predicted molar refractivity (Wildman–Crippen MR) is 95.2 cm³/mol. The maximum absolute atomic E-state index is 12.1. The van der Waals surface area contributed by atoms with E-state index in [0.717, 1.165) is 37.7 Å². The van der Waals surface area contributed by atoms with Crippen LogP contribution in [0.4, 0.5) is 5.95 Å². The molecule has 1 aliphatic heterocycles. The van der Waals surface area contributed by atoms with E-state index in [1.807, 2.05) is 48.3 Å². The van der Waals surface area contributed by atoms with Gasteiger partial charge in [0.1, 0.15) is 0 Å². The summed E-state index contributed by atoms with van der Waals surface area (Å²) < 4.78 is 2.02. The van der Waals surface area contributed by atoms with Crippen LogP contribution < -0.4 is 10.2 Å². The molecular formula is C17H22ClN5O. The molecule has 1 amide bonds. The Labute approximate surface area is 147 Å². The van der Waals surface area contributed by atoms with Crippen molar-refractivity contribution >= 4 is 23.5 Å². The fourth-order valence-corrected chi connectivity index (χ4v) is 3.07. The van der Waals surface area contributed by atoms with Gasteiger partial charge in [-0.1, -0.05) is 29.8 Å². The number of carbonyl (C=O) groups excluding carboxylic acids is 1. The van der Waals surface area contributed by atoms with Crippen molar-refractivity contribution in [2.45, 2.75) is 6.54 Å². The minimum absolute atomic E-state index is 0.0281. The van der Waals surface area contributed by atoms with Gasteiger partial charge in [0.15, 0.2) is 0 Å². The van der Waals surface area contributed by atoms with Crippen LogP contribution in [0.5, 0.6) is 0 Å². The first-order valence-corrected chi connectivity index (χ1v) is 8.46. The zero-order valence-corrected chi connectivity index (χ0v) is 14.5. The third kappa shape index (κ3) is 4.07. The van der Waals surface area contributed by atoms with Crippen molar-refractivity contribution in [3.63, 3.8) is 0 Å². The van der Waals surface area contributed by atoms with E-state index in [-0.39, 0.29) is 5.91 Å². The largest absolute Gasteiger partial charge is 0.351 e. The van der Waals surface area contributed by atoms with Gasteiger partial charge in [-0.05, 0) is 11.6 Å². The van der Waals surface area contributed by atoms with Gasteiger partial charge in [0.25, 0.3) is 0 Å². The number of carbonyl (C=O) groups is 1. The summed E-state index contributed by atoms with van der Waals surface area (Å²) in [5.41, 5.74) is 0.937. The number of imidazole rings is 1. The topological polar surface area (TPSA) is 53.4 Å². The van der Waals surface area contributed by atoms with E-state index in [1.54, 1.807) is 0 Å². The molecular weight excluding hydrogens is 326 g/mol. The smallest absolute Gasteiger partial charge is 0.234 e. The molecule has 128 valence electrons. The number of hydrogen-bond donors (Lipinski definition) is 1. The first-order chi connectivity index (χ1) is 11.6. The monoisotopic (exact) mass is 347 g/mol. The van der Waals surface area contributed by atoms with E-state index in [4.69, 9.17) is 11.6 Å². The Bertz CT molecular complexity index is 694. The number of aromatic nitrogens is 2. The number of nitrogens with zero attached hydrogens (tertiary/aromatic N) is 4. The summed E-state index contributed by atoms with van der Waals surface area (Å²) in [7, 11) is 2.00. The zero-order chi connectivity index (χ0) is 16.9. The Morgan fingerprint density at radius 3 is 2.67 bits per heavy atom. The zero-order valence-electron chi connectivity index (χ0n) is 13.8. The molecule has 0 aliphatic carbocycles. The summed E-state index contributed by atoms with van der Waals surface area (Å²) in [5.74, 6) is 1.01. The Morgan fingerprint density at radius 2 is 2.00 bits per heavy atom. The molecule has 1 aliphatic rings. The molecule has 1 N–H and O–H groups in total. The van der Waals surface area contributed by atoms with Gasteiger partial charge < -0.3 is 14.8 Å². The first kappa shape index (κ1) is 16.8. The number of nitrogens with one attached hydrogen (secondary N) is 1. The summed E-state index contributed by atoms with van der Waals surface area (Å²) in [6.07, 6.45) is 3.76. The lowest BCUT2D eigenvalue weighted by Crippen LogP contribution is -2.50. The molecule has 2 heterocycles. The molecule has 0 bridgehead atoms. The van der Waals surface area contributed by atoms with Gasteiger partial charge in [-0.3, -0.25) is 9.69 Å². The SMILES string of the molecule is Cn1ccnc1N1CCN(CC(=O)NCc2ccccc2Cl)CC1. The fourth-order valence-electron chi connectivity index (χ4n) is 2.86. The van der Waals surface area contributed by atoms with E-state index in [1.165, 1.54) is 0 Å². The van der Waals surface area contributed by atoms with E-state index < -0.39 is 0 Å². The molecule has 1 aromatic heterocycles. The van der Waals surface area contributed by atoms with Crippen LogP contribution in [-0.4, -0.2) is 53.1 Å². The molecule has 6 nitrogen and oxygen atoms in total. The number of piperazine rings is 1. The molecule has 24 heavy (non-hydrogen) atoms. The molecule has 1 saturated heterocycles. The molecule has 0 atom stereocenters. The molecule has 3 rings (SSSR count). The summed E-state index contributed by atoms with van der Waals surface area (Å²) in [4.78, 5) is 20.9. The van der Waals surface area contributed by atoms with Crippen LogP contribution in [0.1, 0.15) is 5.56 Å². The molecule has 0 unspecified atom stereocenters. The molecule has 0 spiro atoms. The molecule has 7 heteroatoms. The van der Waals surface area contributed by atoms with Gasteiger partial charge in [0.2, 0.25) is 11.9 Å². The van der Waals surface area contributed by atoms with Gasteiger partial charge in [-0.2, -0.15) is 0 Å². The molecule has 0 radical (unpaired) electrons. The quantitative estimate of drug-likeness (QED) is 0.891. The number of aryl methyl sites for hydroxylation is 1. The van der Waals surface area contributed by atoms with Crippen molar-refractivity contribution in [2.24, 2.45) is 7.05 Å². The number of rotatable bonds is 5. The summed E-state index contributed by atoms with van der Waals surface area (Å²) in [6.45, 7) is 4.34. The van der Waals surface area contributed by atoms with Gasteiger partial charge in [0.05, 0.1) is 6.54 Å². The molecule has 2 aromatic rings. The van der Waals surface area contributed by atoms with E-state index in [2.05, 4.69) is 20.1 Å². The third-order valence-electron chi connectivity index (χ3n) is 4.25. The highest BCUT2D eigenvalue weighted by Gasteiger charge is 2.21. The van der Waals surface area contributed by atoms with Gasteiger partial charge in [0, 0.05) is 57.2 Å². The Balaban J connectivity index is 1.43. The standard InChI is InChI=1S/C17H22ClN5O/c1-21-7-6-19-17(21)23-10-8-22(9-11-23)13-16(24)20-12-14-4-2-3-5-15(14)18/h2-7H,8-13H2,1H3,(H,20,24). The molecule has 1 fully saturated rings. The van der Waals surface area contributed by atoms with Crippen LogP contribution in [-0.2, 0) is 18.4 Å². The summed E-state index contributed by atoms with van der Waals surface area (Å²) in [5, 5.41) is 3.62. The fraction of sp³-hybridized carbons (Fsp3) is 0.412. The van der Waals surface area contributed by atoms with E-state index >= 15 is 0 Å². The van der Waals surface area contributed by atoms with E-state index in [9.17, 15) is 4.79 Å². The van der Waals surface area contributed by atoms with Crippen LogP contribution in [0, 0.1) is 0 Å². The molecule has 1 aromatic carbocycles. The Morgan fingerprint density at radius 1 is 1.25 bits per heavy atom. The third-order valence-corrected chi connectivity index (χ3v) is 4.62. The highest BCUT2D eigenvalue weighted by atomic mass is 35.5. The number of benzene rings is 1. The van der Waals surface area contributed by atoms with Crippen LogP contribution >= 0.6 is 11.6 Å². The molecule has 0 saturated carbocycles. The number of amides is 1. The maximum atomic E-state index is 12.1. The van der Waals surface area contributed by atoms with Crippen molar-refractivity contribution in [1.82, 2.24) is 19.8 Å². The van der Waals surface area contributed by atoms with Gasteiger partial charge in [-0.15, -0.1) is 0 Å². The highest BCUT2D eigenvalue weighted by molar-refractivity contribution is 6.31. The number of halogens is 1. The Kier molecular flexibility index (Phi) is 5.37. The van der Waals surface area contributed by atoms with E-state index in [0.29, 0.717) is 18.1 Å². The minimum atomic E-state index is 0.0281. The predicted octanol–water partition coefficient (Wildman–Crippen LogP) is 1.51. The number of hydrogen-bond acceptors (Lipinski definition) is 4. The summed E-state index contributed by atoms with van der Waals surface area (Å²) in [6, 6.07) is 7.56. The lowest BCUT2D eigenvalue weighted by molar-refractivity contribution is -0.122. The van der Waals surface area contributed by atoms with Crippen LogP contribution in [0.2, 0.25) is 5.02 Å². The lowest BCUT2D eigenvalue weighted by Gasteiger charge is -2.34. The van der Waals surface area contributed by atoms with Crippen molar-refractivity contribution in [1.29, 1.82) is 0 Å². The van der Waals surface area contributed by atoms with Crippen molar-refractivity contribution < 1.29 is 4.79 Å². The van der Waals surface area contributed by atoms with Crippen LogP contribution in [0.25, 0.3) is 0 Å². The van der Waals surface area contributed by atoms with Crippen molar-refractivity contribution in [2.75, 3.05) is 37.6 Å². The van der Waals surface area contributed by atoms with Crippen molar-refractivity contribution in [3.05, 3.63) is 47.2 Å². The van der Waals surface area contributed by atoms with Crippen LogP contribution in [0.3, 0.4) is 0 Å². The Hall–Kier alpha value is -2.05. The van der Waals surface area contributed by atoms with Crippen LogP contribution in [0.15, 0.2) is 36.7 Å². The van der Waals surface area contributed by atoms with Gasteiger partial charge >= 0.3 is 0 Å². The second-order valence-corrected chi connectivity index (χ2v) is 6.38. The van der Waals surface area contributed by atoms with Crippen molar-refractivity contribution in [3.8, 4) is 0 Å². The summed E-state index contributed by atoms with van der Waals surface area (Å²) >= 11 is 6.10. The minimum Gasteiger partial charge on any atom is -0.351 e. The second kappa shape index (κ2) is 7.68. The maximum Gasteiger partial charge on any atom is 0.234 e. The average Bonchev–Trinajstić information content (AvgIpc) is 3.01.